The summed E-state index contributed by atoms with van der Waals surface area (Å²) in [5.41, 5.74) is 1.96. The van der Waals surface area contributed by atoms with Crippen LogP contribution < -0.4 is 0 Å². The number of thiophene rings is 1. The van der Waals surface area contributed by atoms with Gasteiger partial charge in [0.25, 0.3) is 10.0 Å². The van der Waals surface area contributed by atoms with E-state index in [1.54, 1.807) is 17.5 Å². The van der Waals surface area contributed by atoms with E-state index >= 15 is 0 Å². The number of carbonyl (C=O) groups excluding carboxylic acids is 1. The van der Waals surface area contributed by atoms with Crippen LogP contribution in [0.2, 0.25) is 0 Å². The Bertz CT molecular complexity index is 902. The smallest absolute Gasteiger partial charge is 0.325 e. The summed E-state index contributed by atoms with van der Waals surface area (Å²) in [6.07, 6.45) is 5.29. The molecule has 0 bridgehead atoms. The minimum absolute atomic E-state index is 0.0882. The Morgan fingerprint density at radius 3 is 2.48 bits per heavy atom. The molecular formula is C20H23NO4S2. The molecular weight excluding hydrogens is 382 g/mol. The Morgan fingerprint density at radius 1 is 1.04 bits per heavy atom. The third kappa shape index (κ3) is 3.81. The van der Waals surface area contributed by atoms with Gasteiger partial charge < -0.3 is 4.74 Å². The van der Waals surface area contributed by atoms with Gasteiger partial charge in [0.15, 0.2) is 0 Å². The van der Waals surface area contributed by atoms with Crippen molar-refractivity contribution in [2.45, 2.75) is 61.4 Å². The van der Waals surface area contributed by atoms with Crippen LogP contribution >= 0.6 is 11.3 Å². The fourth-order valence-corrected chi connectivity index (χ4v) is 6.58. The number of hydrogen-bond donors (Lipinski definition) is 0. The van der Waals surface area contributed by atoms with Crippen LogP contribution in [0.25, 0.3) is 0 Å². The van der Waals surface area contributed by atoms with E-state index in [0.29, 0.717) is 6.42 Å². The van der Waals surface area contributed by atoms with Gasteiger partial charge in [-0.05, 0) is 48.3 Å². The fourth-order valence-electron chi connectivity index (χ4n) is 3.90. The quantitative estimate of drug-likeness (QED) is 0.727. The van der Waals surface area contributed by atoms with Crippen molar-refractivity contribution in [2.24, 2.45) is 0 Å². The van der Waals surface area contributed by atoms with Crippen LogP contribution in [0.3, 0.4) is 0 Å². The van der Waals surface area contributed by atoms with Crippen molar-refractivity contribution in [3.63, 3.8) is 0 Å². The lowest BCUT2D eigenvalue weighted by atomic mass is 9.95. The van der Waals surface area contributed by atoms with Crippen molar-refractivity contribution in [3.05, 3.63) is 52.9 Å². The van der Waals surface area contributed by atoms with Crippen LogP contribution in [0.15, 0.2) is 46.0 Å². The van der Waals surface area contributed by atoms with Crippen molar-refractivity contribution in [1.82, 2.24) is 4.31 Å². The molecule has 2 aliphatic rings. The average Bonchev–Trinajstić information content (AvgIpc) is 3.23. The summed E-state index contributed by atoms with van der Waals surface area (Å²) in [6.45, 7) is 0.195. The van der Waals surface area contributed by atoms with Gasteiger partial charge in [0.1, 0.15) is 16.4 Å². The van der Waals surface area contributed by atoms with Gasteiger partial charge in [-0.2, -0.15) is 4.31 Å². The van der Waals surface area contributed by atoms with Gasteiger partial charge in [0.05, 0.1) is 0 Å². The van der Waals surface area contributed by atoms with Gasteiger partial charge in [0, 0.05) is 13.0 Å². The topological polar surface area (TPSA) is 63.7 Å². The number of hydrogen-bond acceptors (Lipinski definition) is 5. The Balaban J connectivity index is 1.64. The molecule has 7 heteroatoms. The molecule has 1 aromatic heterocycles. The predicted octanol–water partition coefficient (Wildman–Crippen LogP) is 3.74. The average molecular weight is 406 g/mol. The Labute approximate surface area is 164 Å². The molecule has 2 aromatic rings. The van der Waals surface area contributed by atoms with E-state index < -0.39 is 22.0 Å². The first-order valence-corrected chi connectivity index (χ1v) is 11.7. The molecule has 0 amide bonds. The van der Waals surface area contributed by atoms with Gasteiger partial charge >= 0.3 is 5.97 Å². The van der Waals surface area contributed by atoms with E-state index in [1.165, 1.54) is 22.1 Å². The number of sulfonamides is 1. The lowest BCUT2D eigenvalue weighted by Crippen LogP contribution is -2.49. The molecule has 1 fully saturated rings. The minimum atomic E-state index is -3.75. The van der Waals surface area contributed by atoms with Crippen LogP contribution in [-0.2, 0) is 32.5 Å². The first-order chi connectivity index (χ1) is 13.1. The molecule has 0 saturated heterocycles. The summed E-state index contributed by atoms with van der Waals surface area (Å²) in [7, 11) is -3.75. The van der Waals surface area contributed by atoms with Crippen molar-refractivity contribution >= 4 is 27.3 Å². The number of carbonyl (C=O) groups is 1. The van der Waals surface area contributed by atoms with Crippen LogP contribution in [0, 0.1) is 0 Å². The summed E-state index contributed by atoms with van der Waals surface area (Å²) in [5, 5.41) is 1.74. The second-order valence-electron chi connectivity index (χ2n) is 7.17. The normalized spacial score (nSPS) is 21.6. The van der Waals surface area contributed by atoms with Gasteiger partial charge in [0.2, 0.25) is 0 Å². The lowest BCUT2D eigenvalue weighted by molar-refractivity contribution is -0.155. The molecule has 1 aliphatic carbocycles. The molecule has 27 heavy (non-hydrogen) atoms. The number of ether oxygens (including phenoxy) is 1. The van der Waals surface area contributed by atoms with Gasteiger partial charge in [-0.3, -0.25) is 4.79 Å². The van der Waals surface area contributed by atoms with Crippen LogP contribution in [-0.4, -0.2) is 30.8 Å². The minimum Gasteiger partial charge on any atom is -0.461 e. The molecule has 144 valence electrons. The maximum absolute atomic E-state index is 13.2. The summed E-state index contributed by atoms with van der Waals surface area (Å²) >= 11 is 1.17. The highest BCUT2D eigenvalue weighted by Crippen LogP contribution is 2.32. The standard InChI is InChI=1S/C20H23NO4S2/c22-20(25-17-9-2-1-3-10-17)18-13-15-7-4-5-8-16(15)14-21(18)27(23,24)19-11-6-12-26-19/h4-8,11-12,17-18H,1-3,9-10,13-14H2. The molecule has 0 spiro atoms. The van der Waals surface area contributed by atoms with Gasteiger partial charge in [-0.1, -0.05) is 36.8 Å². The zero-order chi connectivity index (χ0) is 18.9. The van der Waals surface area contributed by atoms with E-state index in [-0.39, 0.29) is 16.9 Å². The highest BCUT2D eigenvalue weighted by molar-refractivity contribution is 7.91. The van der Waals surface area contributed by atoms with Crippen molar-refractivity contribution in [3.8, 4) is 0 Å². The Hall–Kier alpha value is -1.70. The number of rotatable bonds is 4. The zero-order valence-corrected chi connectivity index (χ0v) is 16.7. The lowest BCUT2D eigenvalue weighted by Gasteiger charge is -2.35. The first-order valence-electron chi connectivity index (χ1n) is 9.38. The van der Waals surface area contributed by atoms with Crippen molar-refractivity contribution in [2.75, 3.05) is 0 Å². The second-order valence-corrected chi connectivity index (χ2v) is 10.2. The molecule has 1 saturated carbocycles. The molecule has 2 heterocycles. The van der Waals surface area contributed by atoms with E-state index in [1.807, 2.05) is 24.3 Å². The Kier molecular flexibility index (Phi) is 5.34. The first kappa shape index (κ1) is 18.7. The molecule has 4 rings (SSSR count). The van der Waals surface area contributed by atoms with E-state index in [0.717, 1.165) is 36.8 Å². The number of fused-ring (bicyclic) bond motifs is 1. The SMILES string of the molecule is O=C(OC1CCCCC1)C1Cc2ccccc2CN1S(=O)(=O)c1cccs1. The number of benzene rings is 1. The number of esters is 1. The summed E-state index contributed by atoms with van der Waals surface area (Å²) in [6, 6.07) is 10.2. The van der Waals surface area contributed by atoms with Gasteiger partial charge in [-0.15, -0.1) is 11.3 Å². The fraction of sp³-hybridized carbons (Fsp3) is 0.450. The van der Waals surface area contributed by atoms with E-state index in [2.05, 4.69) is 0 Å². The maximum atomic E-state index is 13.2. The maximum Gasteiger partial charge on any atom is 0.325 e. The molecule has 0 radical (unpaired) electrons. The summed E-state index contributed by atoms with van der Waals surface area (Å²) < 4.78 is 33.7. The predicted molar refractivity (Wildman–Crippen MR) is 104 cm³/mol. The monoisotopic (exact) mass is 405 g/mol. The Morgan fingerprint density at radius 2 is 1.78 bits per heavy atom. The highest BCUT2D eigenvalue weighted by Gasteiger charge is 2.41. The third-order valence-corrected chi connectivity index (χ3v) is 8.60. The van der Waals surface area contributed by atoms with Crippen LogP contribution in [0.4, 0.5) is 0 Å². The zero-order valence-electron chi connectivity index (χ0n) is 15.0. The molecule has 1 aromatic carbocycles. The van der Waals surface area contributed by atoms with Crippen LogP contribution in [0.5, 0.6) is 0 Å². The third-order valence-electron chi connectivity index (χ3n) is 5.37. The molecule has 5 nitrogen and oxygen atoms in total. The van der Waals surface area contributed by atoms with Crippen molar-refractivity contribution in [1.29, 1.82) is 0 Å². The molecule has 1 aliphatic heterocycles. The second kappa shape index (κ2) is 7.73. The van der Waals surface area contributed by atoms with E-state index in [9.17, 15) is 13.2 Å². The molecule has 1 unspecified atom stereocenters. The summed E-state index contributed by atoms with van der Waals surface area (Å²) in [5.74, 6) is -0.420. The van der Waals surface area contributed by atoms with E-state index in [4.69, 9.17) is 4.74 Å². The summed E-state index contributed by atoms with van der Waals surface area (Å²) in [4.78, 5) is 13.0. The van der Waals surface area contributed by atoms with Gasteiger partial charge in [-0.25, -0.2) is 8.42 Å². The molecule has 0 N–H and O–H groups in total. The van der Waals surface area contributed by atoms with Crippen molar-refractivity contribution < 1.29 is 17.9 Å². The highest BCUT2D eigenvalue weighted by atomic mass is 32.2. The largest absolute Gasteiger partial charge is 0.461 e. The van der Waals surface area contributed by atoms with Crippen LogP contribution in [0.1, 0.15) is 43.2 Å². The molecule has 1 atom stereocenters. The number of nitrogens with zero attached hydrogens (tertiary/aromatic N) is 1.